The van der Waals surface area contributed by atoms with E-state index < -0.39 is 0 Å². The van der Waals surface area contributed by atoms with E-state index in [-0.39, 0.29) is 17.9 Å². The maximum absolute atomic E-state index is 12.8. The molecule has 1 aromatic carbocycles. The predicted molar refractivity (Wildman–Crippen MR) is 126 cm³/mol. The summed E-state index contributed by atoms with van der Waals surface area (Å²) < 4.78 is 2.06. The fraction of sp³-hybridized carbons (Fsp3) is 0.500. The molecule has 2 N–H and O–H groups in total. The van der Waals surface area contributed by atoms with Gasteiger partial charge in [0, 0.05) is 16.0 Å². The van der Waals surface area contributed by atoms with Crippen LogP contribution in [0.25, 0.3) is 11.4 Å². The number of hydrogen-bond acceptors (Lipinski definition) is 6. The summed E-state index contributed by atoms with van der Waals surface area (Å²) in [6, 6.07) is 7.27. The minimum atomic E-state index is -0.203. The first kappa shape index (κ1) is 20.5. The molecule has 4 aliphatic rings. The summed E-state index contributed by atoms with van der Waals surface area (Å²) in [6.07, 6.45) is 7.87. The van der Waals surface area contributed by atoms with Crippen molar-refractivity contribution < 1.29 is 4.79 Å². The number of nitrogens with zero attached hydrogens (tertiary/aromatic N) is 4. The van der Waals surface area contributed by atoms with E-state index in [4.69, 9.17) is 23.8 Å². The number of benzene rings is 1. The van der Waals surface area contributed by atoms with Crippen molar-refractivity contribution in [3.8, 4) is 11.4 Å². The molecule has 2 heterocycles. The van der Waals surface area contributed by atoms with E-state index in [9.17, 15) is 4.79 Å². The molecule has 4 bridgehead atoms. The molecule has 10 heteroatoms. The molecule has 1 amide bonds. The minimum Gasteiger partial charge on any atom is -0.299 e. The van der Waals surface area contributed by atoms with Crippen LogP contribution in [-0.4, -0.2) is 30.9 Å². The standard InChI is InChI=1S/C22H23ClN6OS2/c23-16-3-1-15(2-4-16)18-25-28-21(31)29(18)11-17(30)24-20-27-26-19(32-20)22-8-12-5-13(9-22)7-14(6-12)10-22/h1-4,12-14H,5-11H2,(H,28,31)(H,24,27,30). The third kappa shape index (κ3) is 3.60. The number of carbonyl (C=O) groups excluding carboxylic acids is 1. The Morgan fingerprint density at radius 2 is 1.81 bits per heavy atom. The third-order valence-corrected chi connectivity index (χ3v) is 8.97. The third-order valence-electron chi connectivity index (χ3n) is 7.33. The number of aromatic nitrogens is 5. The summed E-state index contributed by atoms with van der Waals surface area (Å²) >= 11 is 12.9. The molecule has 4 saturated carbocycles. The quantitative estimate of drug-likeness (QED) is 0.483. The van der Waals surface area contributed by atoms with Crippen molar-refractivity contribution in [2.45, 2.75) is 50.5 Å². The maximum atomic E-state index is 12.8. The summed E-state index contributed by atoms with van der Waals surface area (Å²) in [6.45, 7) is 0.0412. The Labute approximate surface area is 199 Å². The molecule has 7 rings (SSSR count). The predicted octanol–water partition coefficient (Wildman–Crippen LogP) is 5.22. The number of carbonyl (C=O) groups is 1. The number of rotatable bonds is 5. The Kier molecular flexibility index (Phi) is 4.96. The van der Waals surface area contributed by atoms with E-state index >= 15 is 0 Å². The SMILES string of the molecule is O=C(Cn1c(-c2ccc(Cl)cc2)n[nH]c1=S)Nc1nnc(C23CC4CC(CC(C4)C2)C3)s1. The Morgan fingerprint density at radius 3 is 2.47 bits per heavy atom. The van der Waals surface area contributed by atoms with E-state index in [0.717, 1.165) is 28.3 Å². The highest BCUT2D eigenvalue weighted by molar-refractivity contribution is 7.71. The topological polar surface area (TPSA) is 88.5 Å². The lowest BCUT2D eigenvalue weighted by Crippen LogP contribution is -2.48. The molecule has 0 radical (unpaired) electrons. The van der Waals surface area contributed by atoms with Gasteiger partial charge in [0.2, 0.25) is 11.0 Å². The van der Waals surface area contributed by atoms with Crippen molar-refractivity contribution in [1.82, 2.24) is 25.0 Å². The van der Waals surface area contributed by atoms with Crippen LogP contribution in [0.1, 0.15) is 43.5 Å². The average molecular weight is 487 g/mol. The van der Waals surface area contributed by atoms with Gasteiger partial charge in [-0.05, 0) is 92.8 Å². The zero-order valence-electron chi connectivity index (χ0n) is 17.4. The van der Waals surface area contributed by atoms with Crippen LogP contribution in [0.5, 0.6) is 0 Å². The van der Waals surface area contributed by atoms with E-state index in [1.807, 2.05) is 12.1 Å². The van der Waals surface area contributed by atoms with Gasteiger partial charge in [-0.25, -0.2) is 0 Å². The number of aromatic amines is 1. The second kappa shape index (κ2) is 7.74. The second-order valence-electron chi connectivity index (χ2n) is 9.60. The van der Waals surface area contributed by atoms with Gasteiger partial charge < -0.3 is 0 Å². The smallest absolute Gasteiger partial charge is 0.246 e. The first-order valence-corrected chi connectivity index (χ1v) is 12.6. The molecule has 3 aromatic rings. The number of halogens is 1. The Morgan fingerprint density at radius 1 is 1.16 bits per heavy atom. The summed E-state index contributed by atoms with van der Waals surface area (Å²) in [5.41, 5.74) is 1.01. The molecule has 2 aromatic heterocycles. The average Bonchev–Trinajstić information content (AvgIpc) is 3.36. The van der Waals surface area contributed by atoms with Crippen molar-refractivity contribution in [2.75, 3.05) is 5.32 Å². The van der Waals surface area contributed by atoms with Crippen LogP contribution < -0.4 is 5.32 Å². The van der Waals surface area contributed by atoms with Gasteiger partial charge in [0.15, 0.2) is 10.6 Å². The monoisotopic (exact) mass is 486 g/mol. The van der Waals surface area contributed by atoms with Gasteiger partial charge in [0.1, 0.15) is 11.6 Å². The molecule has 0 aliphatic heterocycles. The fourth-order valence-corrected chi connectivity index (χ4v) is 7.75. The molecule has 32 heavy (non-hydrogen) atoms. The van der Waals surface area contributed by atoms with Gasteiger partial charge in [-0.3, -0.25) is 19.8 Å². The Hall–Kier alpha value is -2.10. The Bertz CT molecular complexity index is 1190. The van der Waals surface area contributed by atoms with Crippen LogP contribution in [0.3, 0.4) is 0 Å². The number of hydrogen-bond donors (Lipinski definition) is 2. The lowest BCUT2D eigenvalue weighted by atomic mass is 9.50. The van der Waals surface area contributed by atoms with Gasteiger partial charge in [-0.2, -0.15) is 5.10 Å². The maximum Gasteiger partial charge on any atom is 0.246 e. The van der Waals surface area contributed by atoms with Crippen LogP contribution in [0.4, 0.5) is 5.13 Å². The summed E-state index contributed by atoms with van der Waals surface area (Å²) in [7, 11) is 0. The minimum absolute atomic E-state index is 0.0412. The van der Waals surface area contributed by atoms with Gasteiger partial charge in [-0.1, -0.05) is 22.9 Å². The largest absolute Gasteiger partial charge is 0.299 e. The molecule has 0 saturated heterocycles. The highest BCUT2D eigenvalue weighted by atomic mass is 35.5. The van der Waals surface area contributed by atoms with Crippen molar-refractivity contribution in [3.05, 3.63) is 39.1 Å². The van der Waals surface area contributed by atoms with Gasteiger partial charge in [-0.15, -0.1) is 10.2 Å². The molecule has 0 atom stereocenters. The summed E-state index contributed by atoms with van der Waals surface area (Å²) in [5.74, 6) is 2.92. The summed E-state index contributed by atoms with van der Waals surface area (Å²) in [4.78, 5) is 12.8. The molecule has 0 spiro atoms. The highest BCUT2D eigenvalue weighted by Gasteiger charge is 2.53. The van der Waals surface area contributed by atoms with Crippen molar-refractivity contribution in [3.63, 3.8) is 0 Å². The van der Waals surface area contributed by atoms with Crippen molar-refractivity contribution >= 4 is 46.2 Å². The van der Waals surface area contributed by atoms with E-state index in [1.54, 1.807) is 28.0 Å². The zero-order valence-corrected chi connectivity index (χ0v) is 19.8. The van der Waals surface area contributed by atoms with Crippen molar-refractivity contribution in [1.29, 1.82) is 0 Å². The molecular formula is C22H23ClN6OS2. The lowest BCUT2D eigenvalue weighted by molar-refractivity contribution is -0.116. The first-order valence-electron chi connectivity index (χ1n) is 11.0. The molecule has 166 valence electrons. The van der Waals surface area contributed by atoms with Crippen LogP contribution in [0.15, 0.2) is 24.3 Å². The van der Waals surface area contributed by atoms with Gasteiger partial charge >= 0.3 is 0 Å². The lowest BCUT2D eigenvalue weighted by Gasteiger charge is -2.55. The van der Waals surface area contributed by atoms with Gasteiger partial charge in [0.05, 0.1) is 0 Å². The molecule has 4 aliphatic carbocycles. The molecular weight excluding hydrogens is 464 g/mol. The van der Waals surface area contributed by atoms with Crippen LogP contribution in [0.2, 0.25) is 5.02 Å². The highest BCUT2D eigenvalue weighted by Crippen LogP contribution is 2.61. The molecule has 7 nitrogen and oxygen atoms in total. The van der Waals surface area contributed by atoms with Crippen LogP contribution in [-0.2, 0) is 16.8 Å². The van der Waals surface area contributed by atoms with Gasteiger partial charge in [0.25, 0.3) is 0 Å². The zero-order chi connectivity index (χ0) is 21.9. The number of amides is 1. The first-order chi connectivity index (χ1) is 15.5. The molecule has 0 unspecified atom stereocenters. The van der Waals surface area contributed by atoms with E-state index in [1.165, 1.54) is 38.5 Å². The second-order valence-corrected chi connectivity index (χ2v) is 11.4. The van der Waals surface area contributed by atoms with Crippen molar-refractivity contribution in [2.24, 2.45) is 17.8 Å². The van der Waals surface area contributed by atoms with E-state index in [2.05, 4.69) is 25.7 Å². The molecule has 4 fully saturated rings. The van der Waals surface area contributed by atoms with Crippen LogP contribution >= 0.6 is 35.2 Å². The number of H-pyrrole nitrogens is 1. The van der Waals surface area contributed by atoms with Crippen LogP contribution in [0, 0.1) is 22.5 Å². The normalized spacial score (nSPS) is 28.2. The fourth-order valence-electron chi connectivity index (χ4n) is 6.45. The summed E-state index contributed by atoms with van der Waals surface area (Å²) in [5, 5.41) is 21.1. The number of nitrogens with one attached hydrogen (secondary N) is 2. The number of anilines is 1. The van der Waals surface area contributed by atoms with E-state index in [0.29, 0.717) is 20.7 Å². The Balaban J connectivity index is 1.18.